The van der Waals surface area contributed by atoms with Crippen LogP contribution >= 0.6 is 0 Å². The van der Waals surface area contributed by atoms with Gasteiger partial charge in [0.1, 0.15) is 28.9 Å². The third-order valence-corrected chi connectivity index (χ3v) is 9.46. The number of carbonyl (C=O) groups excluding carboxylic acids is 4. The first-order valence-electron chi connectivity index (χ1n) is 14.7. The fourth-order valence-electron chi connectivity index (χ4n) is 7.22. The van der Waals surface area contributed by atoms with Crippen LogP contribution in [-0.2, 0) is 23.9 Å². The minimum Gasteiger partial charge on any atom is -0.508 e. The molecular formula is C34H33NO9. The van der Waals surface area contributed by atoms with Crippen molar-refractivity contribution in [3.05, 3.63) is 81.6 Å². The largest absolute Gasteiger partial charge is 0.508 e. The number of hydrogen-bond donors (Lipinski definition) is 5. The van der Waals surface area contributed by atoms with Gasteiger partial charge in [0.15, 0.2) is 11.4 Å². The van der Waals surface area contributed by atoms with E-state index in [1.54, 1.807) is 18.2 Å². The molecule has 0 bridgehead atoms. The van der Waals surface area contributed by atoms with E-state index in [9.17, 15) is 39.6 Å². The third kappa shape index (κ3) is 4.43. The molecule has 228 valence electrons. The summed E-state index contributed by atoms with van der Waals surface area (Å²) in [4.78, 5) is 53.3. The minimum absolute atomic E-state index is 0.0876. The quantitative estimate of drug-likeness (QED) is 0.257. The monoisotopic (exact) mass is 599 g/mol. The Balaban J connectivity index is 1.63. The molecule has 10 nitrogen and oxygen atoms in total. The number of aliphatic hydroxyl groups is 3. The van der Waals surface area contributed by atoms with Gasteiger partial charge in [-0.2, -0.15) is 0 Å². The fraction of sp³-hybridized carbons (Fsp3) is 0.353. The van der Waals surface area contributed by atoms with Crippen LogP contribution in [0.4, 0.5) is 0 Å². The van der Waals surface area contributed by atoms with Crippen LogP contribution in [0, 0.1) is 24.7 Å². The first-order chi connectivity index (χ1) is 20.9. The first-order valence-corrected chi connectivity index (χ1v) is 14.7. The zero-order chi connectivity index (χ0) is 31.5. The number of aromatic hydroxyl groups is 1. The van der Waals surface area contributed by atoms with Crippen LogP contribution in [0.5, 0.6) is 5.75 Å². The lowest BCUT2D eigenvalue weighted by atomic mass is 9.56. The van der Waals surface area contributed by atoms with E-state index in [2.05, 4.69) is 0 Å². The molecule has 0 radical (unpaired) electrons. The highest BCUT2D eigenvalue weighted by atomic mass is 16.5. The van der Waals surface area contributed by atoms with Gasteiger partial charge in [0, 0.05) is 12.3 Å². The molecule has 2 saturated carbocycles. The Labute approximate surface area is 253 Å². The Morgan fingerprint density at radius 1 is 1.00 bits per heavy atom. The van der Waals surface area contributed by atoms with E-state index in [1.165, 1.54) is 6.07 Å². The number of nitrogens with two attached hydrogens (primary N) is 1. The predicted molar refractivity (Wildman–Crippen MR) is 159 cm³/mol. The maximum atomic E-state index is 14.3. The normalized spacial score (nSPS) is 28.0. The van der Waals surface area contributed by atoms with Gasteiger partial charge in [-0.15, -0.1) is 0 Å². The Kier molecular flexibility index (Phi) is 7.20. The van der Waals surface area contributed by atoms with Gasteiger partial charge < -0.3 is 30.9 Å². The molecule has 6 rings (SSSR count). The molecule has 10 heteroatoms. The van der Waals surface area contributed by atoms with Crippen molar-refractivity contribution in [2.24, 2.45) is 23.5 Å². The summed E-state index contributed by atoms with van der Waals surface area (Å²) in [5, 5.41) is 45.6. The molecule has 6 N–H and O–H groups in total. The number of ether oxygens (including phenoxy) is 1. The minimum atomic E-state index is -2.92. The van der Waals surface area contributed by atoms with Gasteiger partial charge in [-0.05, 0) is 42.5 Å². The topological polar surface area (TPSA) is 184 Å². The predicted octanol–water partition coefficient (Wildman–Crippen LogP) is 3.83. The number of benzene rings is 2. The highest BCUT2D eigenvalue weighted by molar-refractivity contribution is 6.23. The summed E-state index contributed by atoms with van der Waals surface area (Å²) in [5.41, 5.74) is 3.43. The molecule has 4 atom stereocenters. The van der Waals surface area contributed by atoms with Gasteiger partial charge in [0.05, 0.1) is 23.0 Å². The Hall–Kier alpha value is -4.70. The first kappa shape index (κ1) is 29.4. The van der Waals surface area contributed by atoms with Crippen LogP contribution in [0.25, 0.3) is 17.4 Å². The van der Waals surface area contributed by atoms with Crippen LogP contribution in [0.1, 0.15) is 60.8 Å². The van der Waals surface area contributed by atoms with Crippen molar-refractivity contribution in [3.8, 4) is 5.75 Å². The molecule has 2 fully saturated rings. The number of carbonyl (C=O) groups is 4. The van der Waals surface area contributed by atoms with Crippen molar-refractivity contribution in [2.75, 3.05) is 0 Å². The lowest BCUT2D eigenvalue weighted by Gasteiger charge is -2.50. The Morgan fingerprint density at radius 2 is 1.68 bits per heavy atom. The summed E-state index contributed by atoms with van der Waals surface area (Å²) >= 11 is 0. The second-order valence-corrected chi connectivity index (χ2v) is 12.1. The second kappa shape index (κ2) is 10.8. The number of aliphatic hydroxyl groups excluding tert-OH is 2. The van der Waals surface area contributed by atoms with E-state index in [1.807, 2.05) is 31.2 Å². The summed E-state index contributed by atoms with van der Waals surface area (Å²) in [6.45, 7) is 1.92. The Bertz CT molecular complexity index is 1690. The highest BCUT2D eigenvalue weighted by Crippen LogP contribution is 2.56. The lowest BCUT2D eigenvalue weighted by molar-refractivity contribution is -0.178. The fourth-order valence-corrected chi connectivity index (χ4v) is 7.22. The summed E-state index contributed by atoms with van der Waals surface area (Å²) in [5.74, 6) is -9.47. The SMILES string of the molecule is Cc1ccc(/C=C2\c3cccc(O)c3C(O)=C3C(=O)[C@]4(O)C(O)=C(C(N)=O)C(=O)C[C@@H]4[C@@H](OC(=O)C4CCCCC4)[C@@H]32)cc1. The molecule has 0 aliphatic heterocycles. The maximum Gasteiger partial charge on any atom is 0.309 e. The van der Waals surface area contributed by atoms with E-state index < -0.39 is 82.0 Å². The van der Waals surface area contributed by atoms with Crippen molar-refractivity contribution in [2.45, 2.75) is 57.2 Å². The standard InChI is InChI=1S/C34H33NO9/c1-16-10-12-17(13-11-16)14-20-19-8-5-9-22(36)24(19)28(38)27-25(20)29(44-33(42)18-6-3-2-4-7-18)21-15-23(37)26(32(35)41)30(39)34(21,43)31(27)40/h5,8-14,18,21,25,29,36,38-39,43H,2-4,6-7,15H2,1H3,(H2,35,41)/b20-14+/t21-,25-,29-,34-/m1/s1. The number of hydrogen-bond acceptors (Lipinski definition) is 9. The van der Waals surface area contributed by atoms with Crippen LogP contribution < -0.4 is 5.73 Å². The van der Waals surface area contributed by atoms with Crippen molar-refractivity contribution < 1.29 is 44.3 Å². The number of rotatable bonds is 4. The number of Topliss-reactive ketones (excluding diaryl/α,β-unsaturated/α-hetero) is 2. The second-order valence-electron chi connectivity index (χ2n) is 12.1. The van der Waals surface area contributed by atoms with Crippen LogP contribution in [0.15, 0.2) is 59.4 Å². The zero-order valence-corrected chi connectivity index (χ0v) is 24.1. The van der Waals surface area contributed by atoms with Gasteiger partial charge in [-0.1, -0.05) is 67.3 Å². The van der Waals surface area contributed by atoms with Gasteiger partial charge in [-0.3, -0.25) is 19.2 Å². The lowest BCUT2D eigenvalue weighted by Crippen LogP contribution is -2.64. The van der Waals surface area contributed by atoms with Gasteiger partial charge in [-0.25, -0.2) is 0 Å². The molecule has 1 amide bonds. The van der Waals surface area contributed by atoms with E-state index >= 15 is 0 Å². The van der Waals surface area contributed by atoms with Gasteiger partial charge in [0.2, 0.25) is 5.78 Å². The third-order valence-electron chi connectivity index (χ3n) is 9.46. The van der Waals surface area contributed by atoms with Crippen molar-refractivity contribution in [1.29, 1.82) is 0 Å². The number of esters is 1. The molecule has 0 heterocycles. The molecule has 0 aromatic heterocycles. The number of amides is 1. The van der Waals surface area contributed by atoms with Gasteiger partial charge in [0.25, 0.3) is 5.91 Å². The average Bonchev–Trinajstić information content (AvgIpc) is 2.99. The molecule has 0 spiro atoms. The number of fused-ring (bicyclic) bond motifs is 3. The number of primary amides is 1. The van der Waals surface area contributed by atoms with Crippen LogP contribution in [-0.4, -0.2) is 55.6 Å². The summed E-state index contributed by atoms with van der Waals surface area (Å²) in [6, 6.07) is 12.0. The number of aryl methyl sites for hydroxylation is 1. The molecule has 2 aromatic carbocycles. The molecule has 0 saturated heterocycles. The molecular weight excluding hydrogens is 566 g/mol. The van der Waals surface area contributed by atoms with E-state index in [0.29, 0.717) is 29.5 Å². The zero-order valence-electron chi connectivity index (χ0n) is 24.1. The van der Waals surface area contributed by atoms with E-state index in [4.69, 9.17) is 10.5 Å². The smallest absolute Gasteiger partial charge is 0.309 e. The molecule has 4 aliphatic rings. The summed E-state index contributed by atoms with van der Waals surface area (Å²) < 4.78 is 6.15. The summed E-state index contributed by atoms with van der Waals surface area (Å²) in [7, 11) is 0. The van der Waals surface area contributed by atoms with Gasteiger partial charge >= 0.3 is 5.97 Å². The molecule has 2 aromatic rings. The average molecular weight is 600 g/mol. The Morgan fingerprint density at radius 3 is 2.34 bits per heavy atom. The van der Waals surface area contributed by atoms with Crippen LogP contribution in [0.2, 0.25) is 0 Å². The van der Waals surface area contributed by atoms with E-state index in [0.717, 1.165) is 24.8 Å². The number of phenols is 1. The number of ketones is 2. The molecule has 44 heavy (non-hydrogen) atoms. The molecule has 4 aliphatic carbocycles. The number of phenolic OH excluding ortho intramolecular Hbond substituents is 1. The summed E-state index contributed by atoms with van der Waals surface area (Å²) in [6.07, 6.45) is 3.44. The van der Waals surface area contributed by atoms with Crippen molar-refractivity contribution >= 4 is 40.9 Å². The molecule has 0 unspecified atom stereocenters. The highest BCUT2D eigenvalue weighted by Gasteiger charge is 2.66. The van der Waals surface area contributed by atoms with Crippen molar-refractivity contribution in [3.63, 3.8) is 0 Å². The maximum absolute atomic E-state index is 14.3. The van der Waals surface area contributed by atoms with Crippen LogP contribution in [0.3, 0.4) is 0 Å². The van der Waals surface area contributed by atoms with Crippen molar-refractivity contribution in [1.82, 2.24) is 0 Å². The van der Waals surface area contributed by atoms with E-state index in [-0.39, 0.29) is 11.3 Å².